The van der Waals surface area contributed by atoms with Crippen LogP contribution in [0.4, 0.5) is 10.2 Å². The van der Waals surface area contributed by atoms with Crippen LogP contribution in [0.1, 0.15) is 55.3 Å². The molecule has 3 aliphatic heterocycles. The van der Waals surface area contributed by atoms with Gasteiger partial charge in [-0.1, -0.05) is 12.0 Å². The maximum Gasteiger partial charge on any atom is 0.319 e. The van der Waals surface area contributed by atoms with E-state index in [-0.39, 0.29) is 51.5 Å². The molecule has 2 N–H and O–H groups in total. The Labute approximate surface area is 268 Å². The molecule has 5 aliphatic rings. The third-order valence-corrected chi connectivity index (χ3v) is 11.8. The van der Waals surface area contributed by atoms with Crippen molar-refractivity contribution in [2.75, 3.05) is 45.2 Å². The lowest BCUT2D eigenvalue weighted by Crippen LogP contribution is -2.52. The van der Waals surface area contributed by atoms with Gasteiger partial charge < -0.3 is 25.0 Å². The summed E-state index contributed by atoms with van der Waals surface area (Å²) in [5.74, 6) is 2.12. The van der Waals surface area contributed by atoms with Crippen LogP contribution in [0.2, 0.25) is 0 Å². The highest BCUT2D eigenvalue weighted by Gasteiger charge is 2.48. The topological polar surface area (TPSA) is 111 Å². The van der Waals surface area contributed by atoms with E-state index in [1.54, 1.807) is 6.08 Å². The number of anilines is 1. The second kappa shape index (κ2) is 10.6. The van der Waals surface area contributed by atoms with Crippen LogP contribution in [0.25, 0.3) is 22.5 Å². The number of hydrogen-bond donors (Lipinski definition) is 2. The first kappa shape index (κ1) is 29.5. The lowest BCUT2D eigenvalue weighted by atomic mass is 9.96. The van der Waals surface area contributed by atoms with Gasteiger partial charge in [0.2, 0.25) is 0 Å². The molecule has 2 aliphatic carbocycles. The number of nitrogens with zero attached hydrogens (tertiary/aromatic N) is 5. The Morgan fingerprint density at radius 3 is 2.54 bits per heavy atom. The highest BCUT2D eigenvalue weighted by Crippen LogP contribution is 2.49. The number of piperazine rings is 1. The number of aromatic hydroxyl groups is 1. The fraction of sp³-hybridized carbons (Fsp3) is 0.471. The molecule has 0 radical (unpaired) electrons. The Bertz CT molecular complexity index is 1940. The molecule has 46 heavy (non-hydrogen) atoms. The van der Waals surface area contributed by atoms with Crippen molar-refractivity contribution in [2.45, 2.75) is 61.5 Å². The van der Waals surface area contributed by atoms with Gasteiger partial charge in [-0.2, -0.15) is 9.97 Å². The molecule has 2 bridgehead atoms. The lowest BCUT2D eigenvalue weighted by Gasteiger charge is -2.37. The van der Waals surface area contributed by atoms with Crippen LogP contribution in [-0.4, -0.2) is 91.2 Å². The molecule has 10 nitrogen and oxygen atoms in total. The van der Waals surface area contributed by atoms with E-state index in [4.69, 9.17) is 21.1 Å². The number of phenolic OH excluding ortho intramolecular Hbond substituents is 1. The minimum absolute atomic E-state index is 0.00616. The van der Waals surface area contributed by atoms with Crippen molar-refractivity contribution < 1.29 is 22.7 Å². The summed E-state index contributed by atoms with van der Waals surface area (Å²) in [6, 6.07) is 6.07. The number of rotatable bonds is 8. The Kier molecular flexibility index (Phi) is 6.76. The zero-order valence-corrected chi connectivity index (χ0v) is 26.8. The van der Waals surface area contributed by atoms with Crippen molar-refractivity contribution in [3.05, 3.63) is 46.9 Å². The van der Waals surface area contributed by atoms with Crippen molar-refractivity contribution in [2.24, 2.45) is 5.41 Å². The molecule has 1 aromatic heterocycles. The first-order valence-corrected chi connectivity index (χ1v) is 17.4. The van der Waals surface area contributed by atoms with Crippen LogP contribution in [0.5, 0.6) is 11.8 Å². The summed E-state index contributed by atoms with van der Waals surface area (Å²) >= 11 is 0. The van der Waals surface area contributed by atoms with E-state index in [1.807, 2.05) is 14.1 Å². The van der Waals surface area contributed by atoms with E-state index in [9.17, 15) is 13.5 Å². The minimum atomic E-state index is -4.20. The first-order chi connectivity index (χ1) is 22.0. The van der Waals surface area contributed by atoms with Crippen LogP contribution >= 0.6 is 0 Å². The number of phenols is 1. The van der Waals surface area contributed by atoms with Gasteiger partial charge in [0.1, 0.15) is 11.6 Å². The van der Waals surface area contributed by atoms with E-state index < -0.39 is 15.8 Å². The van der Waals surface area contributed by atoms with Crippen LogP contribution in [0, 0.1) is 23.6 Å². The van der Waals surface area contributed by atoms with Crippen molar-refractivity contribution in [3.63, 3.8) is 0 Å². The molecule has 2 atom stereocenters. The second-order valence-electron chi connectivity index (χ2n) is 13.8. The van der Waals surface area contributed by atoms with Gasteiger partial charge in [0.25, 0.3) is 10.0 Å². The smallest absolute Gasteiger partial charge is 0.319 e. The van der Waals surface area contributed by atoms with Crippen LogP contribution in [0.15, 0.2) is 29.2 Å². The fourth-order valence-corrected chi connectivity index (χ4v) is 9.51. The standard InChI is InChI=1S/C34H37FN6O4S/c1-4-25-27(35)10-5-20-13-24(42)14-26(30(20)25)29-15-28-31(46(43,44)41(29)23-8-9-23)32(40-16-21-6-7-22(17-40)36-21)38-33(37-28)45-19-34(11-12-34)18-39(2)3/h1,5,10,13-15,21-23,36,42H,6-9,11-12,16-19H2,2-3H3. The van der Waals surface area contributed by atoms with Gasteiger partial charge >= 0.3 is 6.01 Å². The summed E-state index contributed by atoms with van der Waals surface area (Å²) in [7, 11) is -0.119. The second-order valence-corrected chi connectivity index (χ2v) is 15.6. The lowest BCUT2D eigenvalue weighted by molar-refractivity contribution is 0.182. The Morgan fingerprint density at radius 1 is 1.15 bits per heavy atom. The molecule has 4 heterocycles. The SMILES string of the molecule is C#Cc1c(F)ccc2cc(O)cc(C3=Cc4nc(OCC5(CN(C)C)CC5)nc(N5CC6CCC(C5)N6)c4S(=O)(=O)N3C3CC3)c12. The summed E-state index contributed by atoms with van der Waals surface area (Å²) < 4.78 is 52.5. The summed E-state index contributed by atoms with van der Waals surface area (Å²) in [5.41, 5.74) is 0.856. The average Bonchev–Trinajstić information content (AvgIpc) is 3.95. The first-order valence-electron chi connectivity index (χ1n) is 15.9. The number of halogens is 1. The quantitative estimate of drug-likeness (QED) is 0.354. The highest BCUT2D eigenvalue weighted by atomic mass is 32.2. The average molecular weight is 645 g/mol. The minimum Gasteiger partial charge on any atom is -0.508 e. The van der Waals surface area contributed by atoms with Crippen molar-refractivity contribution in [1.29, 1.82) is 0 Å². The predicted octanol–water partition coefficient (Wildman–Crippen LogP) is 3.78. The molecule has 2 saturated carbocycles. The summed E-state index contributed by atoms with van der Waals surface area (Å²) in [5, 5.41) is 15.2. The molecule has 3 aromatic rings. The predicted molar refractivity (Wildman–Crippen MR) is 173 cm³/mol. The van der Waals surface area contributed by atoms with E-state index in [0.717, 1.165) is 32.2 Å². The summed E-state index contributed by atoms with van der Waals surface area (Å²) in [4.78, 5) is 13.8. The monoisotopic (exact) mass is 644 g/mol. The van der Waals surface area contributed by atoms with Gasteiger partial charge in [0, 0.05) is 54.1 Å². The summed E-state index contributed by atoms with van der Waals surface area (Å²) in [6.07, 6.45) is 13.0. The third-order valence-electron chi connectivity index (χ3n) is 9.86. The van der Waals surface area contributed by atoms with Crippen molar-refractivity contribution in [3.8, 4) is 24.1 Å². The Morgan fingerprint density at radius 2 is 1.89 bits per heavy atom. The zero-order valence-electron chi connectivity index (χ0n) is 26.0. The molecule has 4 fully saturated rings. The molecule has 0 amide bonds. The molecular formula is C34H37FN6O4S. The highest BCUT2D eigenvalue weighted by molar-refractivity contribution is 7.89. The third kappa shape index (κ3) is 4.96. The number of benzene rings is 2. The Hall–Kier alpha value is -3.92. The number of nitrogens with one attached hydrogen (secondary N) is 1. The van der Waals surface area contributed by atoms with Gasteiger partial charge in [-0.05, 0) is 82.3 Å². The van der Waals surface area contributed by atoms with Gasteiger partial charge in [-0.25, -0.2) is 12.8 Å². The molecule has 2 aromatic carbocycles. The van der Waals surface area contributed by atoms with Crippen LogP contribution < -0.4 is 15.0 Å². The van der Waals surface area contributed by atoms with Crippen LogP contribution in [0.3, 0.4) is 0 Å². The van der Waals surface area contributed by atoms with E-state index in [2.05, 4.69) is 21.0 Å². The maximum atomic E-state index is 15.1. The van der Waals surface area contributed by atoms with E-state index >= 15 is 4.39 Å². The maximum absolute atomic E-state index is 15.1. The number of fused-ring (bicyclic) bond motifs is 4. The molecule has 12 heteroatoms. The van der Waals surface area contributed by atoms with Crippen LogP contribution in [-0.2, 0) is 10.0 Å². The Balaban J connectivity index is 1.33. The normalized spacial score (nSPS) is 24.1. The van der Waals surface area contributed by atoms with Gasteiger partial charge in [0.15, 0.2) is 10.7 Å². The molecule has 240 valence electrons. The van der Waals surface area contributed by atoms with Crippen molar-refractivity contribution in [1.82, 2.24) is 24.5 Å². The fourth-order valence-electron chi connectivity index (χ4n) is 7.53. The van der Waals surface area contributed by atoms with Gasteiger partial charge in [-0.3, -0.25) is 4.31 Å². The van der Waals surface area contributed by atoms with Gasteiger partial charge in [-0.15, -0.1) is 6.42 Å². The number of aromatic nitrogens is 2. The van der Waals surface area contributed by atoms with E-state index in [0.29, 0.717) is 60.4 Å². The zero-order chi connectivity index (χ0) is 32.0. The van der Waals surface area contributed by atoms with E-state index in [1.165, 1.54) is 28.6 Å². The number of sulfonamides is 1. The summed E-state index contributed by atoms with van der Waals surface area (Å²) in [6.45, 7) is 2.55. The molecule has 0 spiro atoms. The van der Waals surface area contributed by atoms with Crippen molar-refractivity contribution >= 4 is 38.4 Å². The molecule has 2 saturated heterocycles. The molecular weight excluding hydrogens is 607 g/mol. The number of ether oxygens (including phenoxy) is 1. The molecule has 8 rings (SSSR count). The van der Waals surface area contributed by atoms with Gasteiger partial charge in [0.05, 0.1) is 23.6 Å². The number of hydrogen-bond acceptors (Lipinski definition) is 9. The largest absolute Gasteiger partial charge is 0.508 e. The molecule has 2 unspecified atom stereocenters. The number of terminal acetylenes is 1.